The number of hydrogen-bond donors (Lipinski definition) is 3. The molecule has 0 bridgehead atoms. The van der Waals surface area contributed by atoms with Gasteiger partial charge in [-0.05, 0) is 46.8 Å². The summed E-state index contributed by atoms with van der Waals surface area (Å²) in [6.45, 7) is 0.365. The van der Waals surface area contributed by atoms with Gasteiger partial charge in [-0.1, -0.05) is 78.9 Å². The maximum atomic E-state index is 13.0. The highest BCUT2D eigenvalue weighted by atomic mass is 32.2. The summed E-state index contributed by atoms with van der Waals surface area (Å²) in [6, 6.07) is 23.9. The van der Waals surface area contributed by atoms with Crippen LogP contribution in [-0.4, -0.2) is 72.5 Å². The highest BCUT2D eigenvalue weighted by Gasteiger charge is 2.25. The van der Waals surface area contributed by atoms with Crippen LogP contribution in [0.1, 0.15) is 11.1 Å². The van der Waals surface area contributed by atoms with Crippen molar-refractivity contribution in [3.8, 4) is 22.5 Å². The van der Waals surface area contributed by atoms with E-state index in [1.165, 1.54) is 4.90 Å². The van der Waals surface area contributed by atoms with Gasteiger partial charge in [0.1, 0.15) is 11.9 Å². The van der Waals surface area contributed by atoms with Gasteiger partial charge < -0.3 is 10.1 Å². The molecule has 1 aromatic heterocycles. The number of aromatic amines is 1. The molecule has 0 fully saturated rings. The van der Waals surface area contributed by atoms with Crippen LogP contribution >= 0.6 is 0 Å². The van der Waals surface area contributed by atoms with Crippen molar-refractivity contribution < 1.29 is 17.9 Å². The summed E-state index contributed by atoms with van der Waals surface area (Å²) in [4.78, 5) is 14.5. The van der Waals surface area contributed by atoms with Crippen LogP contribution in [0.4, 0.5) is 0 Å². The summed E-state index contributed by atoms with van der Waals surface area (Å²) >= 11 is 0. The van der Waals surface area contributed by atoms with Crippen molar-refractivity contribution in [3.63, 3.8) is 0 Å². The van der Waals surface area contributed by atoms with E-state index in [2.05, 4.69) is 30.7 Å². The van der Waals surface area contributed by atoms with Gasteiger partial charge in [-0.3, -0.25) is 9.69 Å². The highest BCUT2D eigenvalue weighted by molar-refractivity contribution is 7.89. The number of carbonyl (C=O) groups is 1. The van der Waals surface area contributed by atoms with Crippen LogP contribution in [0.3, 0.4) is 0 Å². The molecule has 204 valence electrons. The molecule has 4 aromatic rings. The Morgan fingerprint density at radius 3 is 2.31 bits per heavy atom. The third-order valence-corrected chi connectivity index (χ3v) is 7.22. The SMILES string of the molecule is CN(C)CS(=O)(=O)NC(COCc1ccccc1)C(=O)NCc1ccc(-c2ccccc2-c2nnn[nH]2)cc1. The van der Waals surface area contributed by atoms with E-state index in [0.717, 1.165) is 27.8 Å². The second-order valence-corrected chi connectivity index (χ2v) is 10.9. The van der Waals surface area contributed by atoms with Crippen LogP contribution in [0.2, 0.25) is 0 Å². The molecule has 12 heteroatoms. The molecule has 3 aromatic carbocycles. The third kappa shape index (κ3) is 8.26. The summed E-state index contributed by atoms with van der Waals surface area (Å²) in [5, 5.41) is 16.9. The second kappa shape index (κ2) is 13.2. The fourth-order valence-electron chi connectivity index (χ4n) is 3.96. The van der Waals surface area contributed by atoms with Crippen molar-refractivity contribution in [3.05, 3.63) is 90.0 Å². The van der Waals surface area contributed by atoms with E-state index in [1.54, 1.807) is 14.1 Å². The molecule has 0 saturated carbocycles. The number of rotatable bonds is 13. The smallest absolute Gasteiger partial charge is 0.240 e. The average Bonchev–Trinajstić information content (AvgIpc) is 3.46. The van der Waals surface area contributed by atoms with Crippen molar-refractivity contribution in [1.29, 1.82) is 0 Å². The van der Waals surface area contributed by atoms with E-state index >= 15 is 0 Å². The van der Waals surface area contributed by atoms with Crippen LogP contribution in [0.15, 0.2) is 78.9 Å². The van der Waals surface area contributed by atoms with E-state index in [1.807, 2.05) is 78.9 Å². The van der Waals surface area contributed by atoms with E-state index < -0.39 is 22.0 Å². The Labute approximate surface area is 227 Å². The summed E-state index contributed by atoms with van der Waals surface area (Å²) in [6.07, 6.45) is 0. The van der Waals surface area contributed by atoms with Crippen molar-refractivity contribution >= 4 is 15.9 Å². The minimum Gasteiger partial charge on any atom is -0.375 e. The predicted molar refractivity (Wildman–Crippen MR) is 147 cm³/mol. The van der Waals surface area contributed by atoms with Crippen LogP contribution in [0, 0.1) is 0 Å². The second-order valence-electron chi connectivity index (χ2n) is 9.20. The molecular weight excluding hydrogens is 518 g/mol. The Morgan fingerprint density at radius 1 is 0.949 bits per heavy atom. The molecular formula is C27H31N7O4S. The molecule has 0 radical (unpaired) electrons. The Bertz CT molecular complexity index is 1450. The molecule has 1 atom stereocenters. The first-order valence-corrected chi connectivity index (χ1v) is 13.9. The lowest BCUT2D eigenvalue weighted by atomic mass is 9.98. The van der Waals surface area contributed by atoms with Gasteiger partial charge in [0.25, 0.3) is 0 Å². The van der Waals surface area contributed by atoms with Crippen LogP contribution in [0.25, 0.3) is 22.5 Å². The zero-order valence-corrected chi connectivity index (χ0v) is 22.6. The number of sulfonamides is 1. The highest BCUT2D eigenvalue weighted by Crippen LogP contribution is 2.29. The van der Waals surface area contributed by atoms with Crippen LogP contribution in [-0.2, 0) is 32.7 Å². The normalized spacial score (nSPS) is 12.4. The topological polar surface area (TPSA) is 142 Å². The summed E-state index contributed by atoms with van der Waals surface area (Å²) in [5.41, 5.74) is 4.56. The number of hydrogen-bond acceptors (Lipinski definition) is 8. The molecule has 0 aliphatic carbocycles. The van der Waals surface area contributed by atoms with Crippen LogP contribution in [0.5, 0.6) is 0 Å². The Kier molecular flexibility index (Phi) is 9.49. The fourth-order valence-corrected chi connectivity index (χ4v) is 5.32. The molecule has 39 heavy (non-hydrogen) atoms. The molecule has 11 nitrogen and oxygen atoms in total. The van der Waals surface area contributed by atoms with E-state index in [0.29, 0.717) is 5.82 Å². The first kappa shape index (κ1) is 28.0. The third-order valence-electron chi connectivity index (χ3n) is 5.72. The molecule has 0 saturated heterocycles. The predicted octanol–water partition coefficient (Wildman–Crippen LogP) is 2.17. The number of carbonyl (C=O) groups excluding carboxylic acids is 1. The minimum atomic E-state index is -3.74. The van der Waals surface area contributed by atoms with Crippen molar-refractivity contribution in [2.24, 2.45) is 0 Å². The molecule has 1 amide bonds. The summed E-state index contributed by atoms with van der Waals surface area (Å²) < 4.78 is 33.3. The molecule has 4 rings (SSSR count). The molecule has 0 aliphatic rings. The van der Waals surface area contributed by atoms with E-state index in [-0.39, 0.29) is 25.6 Å². The van der Waals surface area contributed by atoms with Gasteiger partial charge in [0.2, 0.25) is 15.9 Å². The average molecular weight is 550 g/mol. The minimum absolute atomic E-state index is 0.112. The molecule has 1 unspecified atom stereocenters. The first-order valence-electron chi connectivity index (χ1n) is 12.3. The van der Waals surface area contributed by atoms with Crippen molar-refractivity contribution in [2.75, 3.05) is 26.6 Å². The molecule has 3 N–H and O–H groups in total. The number of benzene rings is 3. The van der Waals surface area contributed by atoms with Gasteiger partial charge in [-0.2, -0.15) is 4.72 Å². The largest absolute Gasteiger partial charge is 0.375 e. The van der Waals surface area contributed by atoms with E-state index in [4.69, 9.17) is 4.74 Å². The number of aromatic nitrogens is 4. The quantitative estimate of drug-likeness (QED) is 0.230. The van der Waals surface area contributed by atoms with E-state index in [9.17, 15) is 13.2 Å². The van der Waals surface area contributed by atoms with Gasteiger partial charge in [0, 0.05) is 12.1 Å². The zero-order valence-electron chi connectivity index (χ0n) is 21.7. The number of ether oxygens (including phenoxy) is 1. The van der Waals surface area contributed by atoms with Crippen molar-refractivity contribution in [2.45, 2.75) is 19.2 Å². The Balaban J connectivity index is 1.40. The zero-order chi connectivity index (χ0) is 27.7. The van der Waals surface area contributed by atoms with Crippen molar-refractivity contribution in [1.82, 2.24) is 35.6 Å². The number of amides is 1. The molecule has 1 heterocycles. The number of tetrazole rings is 1. The Morgan fingerprint density at radius 2 is 1.64 bits per heavy atom. The van der Waals surface area contributed by atoms with Gasteiger partial charge in [0.05, 0.1) is 13.2 Å². The van der Waals surface area contributed by atoms with Gasteiger partial charge in [0.15, 0.2) is 5.82 Å². The number of H-pyrrole nitrogens is 1. The Hall–Kier alpha value is -3.97. The number of nitrogens with zero attached hydrogens (tertiary/aromatic N) is 4. The lowest BCUT2D eigenvalue weighted by Crippen LogP contribution is -2.50. The lowest BCUT2D eigenvalue weighted by Gasteiger charge is -2.20. The first-order chi connectivity index (χ1) is 18.8. The molecule has 0 spiro atoms. The summed E-state index contributed by atoms with van der Waals surface area (Å²) in [5.74, 6) is -0.153. The monoisotopic (exact) mass is 549 g/mol. The standard InChI is InChI=1S/C27H31N7O4S/c1-34(2)19-39(36,37)31-25(18-38-17-21-8-4-3-5-9-21)27(35)28-16-20-12-14-22(15-13-20)23-10-6-7-11-24(23)26-29-32-33-30-26/h3-15,25,31H,16-19H2,1-2H3,(H,28,35)(H,29,30,32,33). The lowest BCUT2D eigenvalue weighted by molar-refractivity contribution is -0.124. The summed E-state index contributed by atoms with van der Waals surface area (Å²) in [7, 11) is -0.457. The fraction of sp³-hybridized carbons (Fsp3) is 0.259. The molecule has 0 aliphatic heterocycles. The van der Waals surface area contributed by atoms with Gasteiger partial charge in [-0.15, -0.1) is 5.10 Å². The maximum absolute atomic E-state index is 13.0. The number of nitrogens with one attached hydrogen (secondary N) is 3. The van der Waals surface area contributed by atoms with Crippen LogP contribution < -0.4 is 10.0 Å². The maximum Gasteiger partial charge on any atom is 0.240 e. The van der Waals surface area contributed by atoms with Gasteiger partial charge in [-0.25, -0.2) is 13.5 Å². The van der Waals surface area contributed by atoms with Gasteiger partial charge >= 0.3 is 0 Å².